The van der Waals surface area contributed by atoms with Crippen molar-refractivity contribution >= 4 is 17.9 Å². The molecule has 0 atom stereocenters. The van der Waals surface area contributed by atoms with E-state index in [1.165, 1.54) is 64.2 Å². The Bertz CT molecular complexity index is 1400. The minimum absolute atomic E-state index is 0.131. The van der Waals surface area contributed by atoms with Gasteiger partial charge in [0, 0.05) is 19.3 Å². The van der Waals surface area contributed by atoms with Gasteiger partial charge in [-0.25, -0.2) is 0 Å². The lowest BCUT2D eigenvalue weighted by atomic mass is 10.1. The summed E-state index contributed by atoms with van der Waals surface area (Å²) in [6.45, 7) is 6.28. The smallest absolute Gasteiger partial charge is 0.306 e. The summed E-state index contributed by atoms with van der Waals surface area (Å²) in [4.78, 5) is 38.0. The van der Waals surface area contributed by atoms with E-state index in [0.29, 0.717) is 19.3 Å². The molecule has 0 spiro atoms. The minimum Gasteiger partial charge on any atom is -0.462 e. The summed E-state index contributed by atoms with van der Waals surface area (Å²) in [5, 5.41) is 0. The number of hydrogen-bond acceptors (Lipinski definition) is 6. The molecule has 0 rings (SSSR count). The Morgan fingerprint density at radius 1 is 0.313 bits per heavy atom. The molecule has 0 N–H and O–H groups in total. The van der Waals surface area contributed by atoms with Gasteiger partial charge < -0.3 is 14.2 Å². The van der Waals surface area contributed by atoms with Gasteiger partial charge in [-0.2, -0.15) is 0 Å². The van der Waals surface area contributed by atoms with Gasteiger partial charge in [0.05, 0.1) is 0 Å². The monoisotopic (exact) mass is 925 g/mol. The first-order valence-electron chi connectivity index (χ1n) is 26.7. The van der Waals surface area contributed by atoms with Gasteiger partial charge in [0.2, 0.25) is 0 Å². The molecule has 0 saturated heterocycles. The molecular formula is C61H96O6. The van der Waals surface area contributed by atoms with E-state index < -0.39 is 6.10 Å². The minimum atomic E-state index is -0.831. The van der Waals surface area contributed by atoms with Crippen LogP contribution in [0.25, 0.3) is 0 Å². The fraction of sp³-hybridized carbons (Fsp3) is 0.590. The van der Waals surface area contributed by atoms with E-state index in [9.17, 15) is 14.4 Å². The first-order valence-corrected chi connectivity index (χ1v) is 26.7. The van der Waals surface area contributed by atoms with Crippen LogP contribution in [0, 0.1) is 0 Å². The second kappa shape index (κ2) is 54.2. The molecule has 0 radical (unpaired) electrons. The predicted molar refractivity (Wildman–Crippen MR) is 288 cm³/mol. The molecule has 0 aliphatic rings. The highest BCUT2D eigenvalue weighted by Crippen LogP contribution is 2.13. The maximum absolute atomic E-state index is 12.8. The summed E-state index contributed by atoms with van der Waals surface area (Å²) < 4.78 is 16.7. The molecular weight excluding hydrogens is 829 g/mol. The third-order valence-corrected chi connectivity index (χ3v) is 10.6. The van der Waals surface area contributed by atoms with E-state index in [2.05, 4.69) is 154 Å². The van der Waals surface area contributed by atoms with Crippen LogP contribution in [-0.2, 0) is 28.6 Å². The summed E-state index contributed by atoms with van der Waals surface area (Å²) in [5.74, 6) is -1.05. The van der Waals surface area contributed by atoms with Crippen molar-refractivity contribution in [1.29, 1.82) is 0 Å². The molecule has 0 unspecified atom stereocenters. The average molecular weight is 925 g/mol. The molecule has 0 amide bonds. The topological polar surface area (TPSA) is 78.9 Å². The highest BCUT2D eigenvalue weighted by Gasteiger charge is 2.19. The van der Waals surface area contributed by atoms with Gasteiger partial charge in [0.1, 0.15) is 13.2 Å². The zero-order chi connectivity index (χ0) is 48.6. The number of rotatable bonds is 46. The van der Waals surface area contributed by atoms with Crippen LogP contribution in [-0.4, -0.2) is 37.2 Å². The molecule has 0 aromatic heterocycles. The molecule has 67 heavy (non-hydrogen) atoms. The van der Waals surface area contributed by atoms with E-state index in [-0.39, 0.29) is 44.0 Å². The highest BCUT2D eigenvalue weighted by molar-refractivity contribution is 5.71. The summed E-state index contributed by atoms with van der Waals surface area (Å²) in [6, 6.07) is 0. The molecule has 0 aromatic rings. The normalized spacial score (nSPS) is 12.8. The van der Waals surface area contributed by atoms with Gasteiger partial charge in [0.25, 0.3) is 0 Å². The van der Waals surface area contributed by atoms with Gasteiger partial charge in [-0.3, -0.25) is 14.4 Å². The predicted octanol–water partition coefficient (Wildman–Crippen LogP) is 17.9. The quantitative estimate of drug-likeness (QED) is 0.0262. The van der Waals surface area contributed by atoms with E-state index >= 15 is 0 Å². The summed E-state index contributed by atoms with van der Waals surface area (Å²) in [6.07, 6.45) is 75.9. The van der Waals surface area contributed by atoms with Crippen molar-refractivity contribution in [2.75, 3.05) is 13.2 Å². The Balaban J connectivity index is 4.60. The van der Waals surface area contributed by atoms with Crippen LogP contribution in [0.15, 0.2) is 134 Å². The molecule has 0 saturated carbocycles. The van der Waals surface area contributed by atoms with Crippen molar-refractivity contribution in [2.45, 2.75) is 219 Å². The number of unbranched alkanes of at least 4 members (excludes halogenated alkanes) is 13. The SMILES string of the molecule is CC/C=C\C/C=C\C/C=C\C/C=C\C/C=C\CCCC(=O)OCC(COC(=O)CCC/C=C\C/C=C\C/C=C\C/C=C\C/C=C\CC)OC(=O)CCCCCCCCC/C=C\CCCCCC. The molecule has 0 heterocycles. The highest BCUT2D eigenvalue weighted by atomic mass is 16.6. The number of allylic oxidation sites excluding steroid dienone is 22. The van der Waals surface area contributed by atoms with Crippen LogP contribution in [0.1, 0.15) is 213 Å². The summed E-state index contributed by atoms with van der Waals surface area (Å²) >= 11 is 0. The van der Waals surface area contributed by atoms with Gasteiger partial charge >= 0.3 is 17.9 Å². The lowest BCUT2D eigenvalue weighted by molar-refractivity contribution is -0.167. The van der Waals surface area contributed by atoms with Gasteiger partial charge in [0.15, 0.2) is 6.10 Å². The Kier molecular flexibility index (Phi) is 50.6. The third-order valence-electron chi connectivity index (χ3n) is 10.6. The van der Waals surface area contributed by atoms with Crippen LogP contribution in [0.3, 0.4) is 0 Å². The molecule has 376 valence electrons. The fourth-order valence-corrected chi connectivity index (χ4v) is 6.68. The fourth-order valence-electron chi connectivity index (χ4n) is 6.68. The van der Waals surface area contributed by atoms with Gasteiger partial charge in [-0.1, -0.05) is 206 Å². The molecule has 0 aliphatic carbocycles. The average Bonchev–Trinajstić information content (AvgIpc) is 3.33. The number of hydrogen-bond donors (Lipinski definition) is 0. The molecule has 6 heteroatoms. The van der Waals surface area contributed by atoms with E-state index in [1.807, 2.05) is 0 Å². The first kappa shape index (κ1) is 62.5. The Labute approximate surface area is 411 Å². The van der Waals surface area contributed by atoms with Crippen molar-refractivity contribution < 1.29 is 28.6 Å². The summed E-state index contributed by atoms with van der Waals surface area (Å²) in [5.41, 5.74) is 0. The number of esters is 3. The van der Waals surface area contributed by atoms with Crippen molar-refractivity contribution in [1.82, 2.24) is 0 Å². The zero-order valence-electron chi connectivity index (χ0n) is 42.9. The van der Waals surface area contributed by atoms with Crippen molar-refractivity contribution in [2.24, 2.45) is 0 Å². The standard InChI is InChI=1S/C61H96O6/c1-4-7-10-13-16-19-22-25-28-30-33-35-38-41-44-47-50-53-59(62)65-56-58(67-61(64)55-52-49-46-43-40-37-32-27-24-21-18-15-12-9-6-3)57-66-60(63)54-51-48-45-42-39-36-34-31-29-26-23-20-17-14-11-8-5-2/h7-8,10-11,16-17,19-21,24-26,28-29,33-36,41-42,44-45,58H,4-6,9,12-15,18,22-23,27,30-32,37-40,43,46-57H2,1-3H3/b10-7-,11-8-,19-16-,20-17-,24-21-,28-25-,29-26-,35-33-,36-34-,44-41-,45-42-. The van der Waals surface area contributed by atoms with E-state index in [0.717, 1.165) is 96.3 Å². The molecule has 0 fully saturated rings. The molecule has 0 bridgehead atoms. The Hall–Kier alpha value is -4.45. The Morgan fingerprint density at radius 2 is 0.597 bits per heavy atom. The zero-order valence-corrected chi connectivity index (χ0v) is 42.9. The van der Waals surface area contributed by atoms with Crippen molar-refractivity contribution in [3.8, 4) is 0 Å². The second-order valence-electron chi connectivity index (χ2n) is 17.0. The lowest BCUT2D eigenvalue weighted by Crippen LogP contribution is -2.30. The maximum atomic E-state index is 12.8. The van der Waals surface area contributed by atoms with Crippen molar-refractivity contribution in [3.05, 3.63) is 134 Å². The van der Waals surface area contributed by atoms with E-state index in [4.69, 9.17) is 14.2 Å². The van der Waals surface area contributed by atoms with Crippen LogP contribution >= 0.6 is 0 Å². The maximum Gasteiger partial charge on any atom is 0.306 e. The largest absolute Gasteiger partial charge is 0.462 e. The first-order chi connectivity index (χ1) is 33.0. The molecule has 0 aromatic carbocycles. The van der Waals surface area contributed by atoms with E-state index in [1.54, 1.807) is 0 Å². The van der Waals surface area contributed by atoms with Crippen molar-refractivity contribution in [3.63, 3.8) is 0 Å². The lowest BCUT2D eigenvalue weighted by Gasteiger charge is -2.18. The second-order valence-corrected chi connectivity index (χ2v) is 17.0. The number of ether oxygens (including phenoxy) is 3. The Morgan fingerprint density at radius 3 is 0.970 bits per heavy atom. The molecule has 0 aliphatic heterocycles. The number of carbonyl (C=O) groups excluding carboxylic acids is 3. The van der Waals surface area contributed by atoms with Crippen LogP contribution in [0.4, 0.5) is 0 Å². The number of carbonyl (C=O) groups is 3. The van der Waals surface area contributed by atoms with Gasteiger partial charge in [-0.05, 0) is 122 Å². The molecule has 6 nitrogen and oxygen atoms in total. The van der Waals surface area contributed by atoms with Gasteiger partial charge in [-0.15, -0.1) is 0 Å². The van der Waals surface area contributed by atoms with Crippen LogP contribution in [0.2, 0.25) is 0 Å². The summed E-state index contributed by atoms with van der Waals surface area (Å²) in [7, 11) is 0. The van der Waals surface area contributed by atoms with Crippen LogP contribution in [0.5, 0.6) is 0 Å². The third kappa shape index (κ3) is 52.4. The van der Waals surface area contributed by atoms with Crippen LogP contribution < -0.4 is 0 Å².